The van der Waals surface area contributed by atoms with Crippen molar-refractivity contribution in [1.82, 2.24) is 5.32 Å². The number of amides is 2. The minimum atomic E-state index is -0.446. The number of anilines is 1. The molecule has 0 aliphatic carbocycles. The molecule has 7 heteroatoms. The van der Waals surface area contributed by atoms with E-state index in [9.17, 15) is 14.4 Å². The summed E-state index contributed by atoms with van der Waals surface area (Å²) in [6, 6.07) is 6.88. The summed E-state index contributed by atoms with van der Waals surface area (Å²) >= 11 is 1.47. The quantitative estimate of drug-likeness (QED) is 0.807. The lowest BCUT2D eigenvalue weighted by molar-refractivity contribution is -0.119. The molecule has 0 saturated carbocycles. The first-order chi connectivity index (χ1) is 10.5. The number of nitrogens with zero attached hydrogens (tertiary/aromatic N) is 1. The molecule has 1 heterocycles. The van der Waals surface area contributed by atoms with Gasteiger partial charge in [0.2, 0.25) is 5.91 Å². The summed E-state index contributed by atoms with van der Waals surface area (Å²) in [7, 11) is 0. The molecule has 1 unspecified atom stereocenters. The van der Waals surface area contributed by atoms with Gasteiger partial charge < -0.3 is 10.1 Å². The normalized spacial score (nSPS) is 17.3. The number of rotatable bonds is 6. The number of ether oxygens (including phenoxy) is 1. The van der Waals surface area contributed by atoms with Crippen molar-refractivity contribution < 1.29 is 19.1 Å². The van der Waals surface area contributed by atoms with Crippen LogP contribution >= 0.6 is 11.8 Å². The molecule has 22 heavy (non-hydrogen) atoms. The van der Waals surface area contributed by atoms with Gasteiger partial charge in [-0.2, -0.15) is 11.8 Å². The van der Waals surface area contributed by atoms with Gasteiger partial charge in [-0.25, -0.2) is 4.79 Å². The summed E-state index contributed by atoms with van der Waals surface area (Å²) < 4.78 is 5.20. The first kappa shape index (κ1) is 16.4. The molecule has 1 aliphatic rings. The molecule has 2 amide bonds. The molecule has 1 fully saturated rings. The molecule has 0 spiro atoms. The maximum absolute atomic E-state index is 11.9. The van der Waals surface area contributed by atoms with Crippen LogP contribution in [0.4, 0.5) is 10.5 Å². The van der Waals surface area contributed by atoms with Crippen LogP contribution in [0.5, 0.6) is 0 Å². The van der Waals surface area contributed by atoms with Gasteiger partial charge in [0.25, 0.3) is 0 Å². The summed E-state index contributed by atoms with van der Waals surface area (Å²) in [6.07, 6.45) is 1.06. The van der Waals surface area contributed by atoms with Crippen molar-refractivity contribution in [3.63, 3.8) is 0 Å². The number of carbonyl (C=O) groups excluding carboxylic acids is 3. The van der Waals surface area contributed by atoms with Crippen LogP contribution in [0.25, 0.3) is 0 Å². The molecule has 1 saturated heterocycles. The molecular weight excluding hydrogens is 304 g/mol. The van der Waals surface area contributed by atoms with Gasteiger partial charge in [-0.3, -0.25) is 14.5 Å². The van der Waals surface area contributed by atoms with Crippen molar-refractivity contribution in [2.75, 3.05) is 30.0 Å². The second-order valence-electron chi connectivity index (χ2n) is 4.96. The summed E-state index contributed by atoms with van der Waals surface area (Å²) in [6.45, 7) is 2.08. The van der Waals surface area contributed by atoms with Crippen LogP contribution in [0.15, 0.2) is 24.3 Å². The van der Waals surface area contributed by atoms with Crippen molar-refractivity contribution in [2.45, 2.75) is 13.0 Å². The monoisotopic (exact) mass is 322 g/mol. The zero-order valence-electron chi connectivity index (χ0n) is 12.5. The lowest BCUT2D eigenvalue weighted by Crippen LogP contribution is -2.33. The van der Waals surface area contributed by atoms with Gasteiger partial charge in [0.05, 0.1) is 18.8 Å². The van der Waals surface area contributed by atoms with Crippen LogP contribution in [0.1, 0.15) is 17.3 Å². The second kappa shape index (κ2) is 7.31. The Balaban J connectivity index is 2.01. The van der Waals surface area contributed by atoms with Crippen molar-refractivity contribution >= 4 is 35.2 Å². The van der Waals surface area contributed by atoms with E-state index < -0.39 is 6.09 Å². The zero-order chi connectivity index (χ0) is 16.1. The minimum Gasteiger partial charge on any atom is -0.442 e. The fourth-order valence-corrected chi connectivity index (χ4v) is 2.57. The number of carbonyl (C=O) groups is 3. The van der Waals surface area contributed by atoms with E-state index in [-0.39, 0.29) is 17.8 Å². The maximum atomic E-state index is 11.9. The van der Waals surface area contributed by atoms with E-state index in [1.54, 1.807) is 24.3 Å². The highest BCUT2D eigenvalue weighted by Gasteiger charge is 2.32. The smallest absolute Gasteiger partial charge is 0.414 e. The van der Waals surface area contributed by atoms with Gasteiger partial charge in [0.1, 0.15) is 6.10 Å². The fraction of sp³-hybridized carbons (Fsp3) is 0.400. The largest absolute Gasteiger partial charge is 0.442 e. The third kappa shape index (κ3) is 4.00. The van der Waals surface area contributed by atoms with E-state index in [0.29, 0.717) is 30.1 Å². The first-order valence-corrected chi connectivity index (χ1v) is 8.25. The van der Waals surface area contributed by atoms with Crippen LogP contribution in [0.3, 0.4) is 0 Å². The van der Waals surface area contributed by atoms with Crippen LogP contribution in [-0.2, 0) is 9.53 Å². The van der Waals surface area contributed by atoms with Gasteiger partial charge in [-0.1, -0.05) is 0 Å². The SMILES string of the molecule is CSCC(=O)c1ccc(N2CC(CNC(C)=O)OC2=O)cc1. The second-order valence-corrected chi connectivity index (χ2v) is 5.82. The summed E-state index contributed by atoms with van der Waals surface area (Å²) in [5.41, 5.74) is 1.30. The van der Waals surface area contributed by atoms with E-state index in [1.807, 2.05) is 6.26 Å². The molecule has 1 N–H and O–H groups in total. The van der Waals surface area contributed by atoms with E-state index in [0.717, 1.165) is 0 Å². The Kier molecular flexibility index (Phi) is 5.43. The standard InChI is InChI=1S/C15H18N2O4S/c1-10(18)16-7-13-8-17(15(20)21-13)12-5-3-11(4-6-12)14(19)9-22-2/h3-6,13H,7-9H2,1-2H3,(H,16,18). The van der Waals surface area contributed by atoms with Crippen molar-refractivity contribution in [3.05, 3.63) is 29.8 Å². The third-order valence-electron chi connectivity index (χ3n) is 3.23. The average molecular weight is 322 g/mol. The number of cyclic esters (lactones) is 1. The Morgan fingerprint density at radius 3 is 2.64 bits per heavy atom. The van der Waals surface area contributed by atoms with Gasteiger partial charge >= 0.3 is 6.09 Å². The van der Waals surface area contributed by atoms with Crippen molar-refractivity contribution in [2.24, 2.45) is 0 Å². The lowest BCUT2D eigenvalue weighted by atomic mass is 10.1. The Hall–Kier alpha value is -2.02. The first-order valence-electron chi connectivity index (χ1n) is 6.86. The maximum Gasteiger partial charge on any atom is 0.414 e. The third-order valence-corrected chi connectivity index (χ3v) is 3.78. The Morgan fingerprint density at radius 2 is 2.05 bits per heavy atom. The molecule has 0 radical (unpaired) electrons. The molecule has 1 atom stereocenters. The van der Waals surface area contributed by atoms with Gasteiger partial charge in [0.15, 0.2) is 5.78 Å². The molecule has 118 valence electrons. The Labute approximate surface area is 133 Å². The zero-order valence-corrected chi connectivity index (χ0v) is 13.3. The van der Waals surface area contributed by atoms with Gasteiger partial charge in [-0.05, 0) is 30.5 Å². The summed E-state index contributed by atoms with van der Waals surface area (Å²) in [5, 5.41) is 2.63. The van der Waals surface area contributed by atoms with Crippen LogP contribution < -0.4 is 10.2 Å². The molecule has 0 aromatic heterocycles. The van der Waals surface area contributed by atoms with E-state index in [4.69, 9.17) is 4.74 Å². The molecule has 0 bridgehead atoms. The van der Waals surface area contributed by atoms with Crippen molar-refractivity contribution in [1.29, 1.82) is 0 Å². The number of benzene rings is 1. The van der Waals surface area contributed by atoms with Crippen LogP contribution in [-0.4, -0.2) is 49.0 Å². The minimum absolute atomic E-state index is 0.0617. The fourth-order valence-electron chi connectivity index (χ4n) is 2.14. The molecular formula is C15H18N2O4S. The average Bonchev–Trinajstić information content (AvgIpc) is 2.86. The van der Waals surface area contributed by atoms with Crippen LogP contribution in [0.2, 0.25) is 0 Å². The Morgan fingerprint density at radius 1 is 1.36 bits per heavy atom. The summed E-state index contributed by atoms with van der Waals surface area (Å²) in [4.78, 5) is 36.0. The number of ketones is 1. The predicted molar refractivity (Wildman–Crippen MR) is 85.5 cm³/mol. The topological polar surface area (TPSA) is 75.7 Å². The Bertz CT molecular complexity index is 573. The molecule has 1 aromatic rings. The van der Waals surface area contributed by atoms with Crippen molar-refractivity contribution in [3.8, 4) is 0 Å². The molecule has 6 nitrogen and oxygen atoms in total. The number of nitrogens with one attached hydrogen (secondary N) is 1. The van der Waals surface area contributed by atoms with E-state index in [2.05, 4.69) is 5.32 Å². The number of hydrogen-bond acceptors (Lipinski definition) is 5. The lowest BCUT2D eigenvalue weighted by Gasteiger charge is -2.13. The highest BCUT2D eigenvalue weighted by Crippen LogP contribution is 2.22. The van der Waals surface area contributed by atoms with E-state index in [1.165, 1.54) is 23.6 Å². The highest BCUT2D eigenvalue weighted by atomic mass is 32.2. The molecule has 1 aliphatic heterocycles. The number of hydrogen-bond donors (Lipinski definition) is 1. The van der Waals surface area contributed by atoms with Gasteiger partial charge in [-0.15, -0.1) is 0 Å². The highest BCUT2D eigenvalue weighted by molar-refractivity contribution is 7.99. The molecule has 2 rings (SSSR count). The van der Waals surface area contributed by atoms with Gasteiger partial charge in [0, 0.05) is 18.2 Å². The summed E-state index contributed by atoms with van der Waals surface area (Å²) in [5.74, 6) is 0.335. The van der Waals surface area contributed by atoms with E-state index >= 15 is 0 Å². The van der Waals surface area contributed by atoms with Crippen LogP contribution in [0, 0.1) is 0 Å². The molecule has 1 aromatic carbocycles. The predicted octanol–water partition coefficient (Wildman–Crippen LogP) is 1.69. The number of Topliss-reactive ketones (excluding diaryl/α,β-unsaturated/α-hetero) is 1. The number of thioether (sulfide) groups is 1.